The smallest absolute Gasteiger partial charge is 0.319 e. The summed E-state index contributed by atoms with van der Waals surface area (Å²) in [6.45, 7) is 3.91. The van der Waals surface area contributed by atoms with Crippen molar-refractivity contribution in [2.45, 2.75) is 20.4 Å². The maximum Gasteiger partial charge on any atom is 0.319 e. The van der Waals surface area contributed by atoms with Crippen LogP contribution in [0.4, 0.5) is 16.2 Å². The quantitative estimate of drug-likeness (QED) is 0.810. The van der Waals surface area contributed by atoms with Crippen LogP contribution in [0.25, 0.3) is 0 Å². The highest BCUT2D eigenvalue weighted by Crippen LogP contribution is 2.14. The lowest BCUT2D eigenvalue weighted by molar-refractivity contribution is -0.114. The molecule has 22 heavy (non-hydrogen) atoms. The molecule has 3 amide bonds. The maximum absolute atomic E-state index is 11.9. The van der Waals surface area contributed by atoms with Crippen LogP contribution in [0.2, 0.25) is 0 Å². The molecular weight excluding hydrogens is 278 g/mol. The lowest BCUT2D eigenvalue weighted by atomic mass is 10.1. The van der Waals surface area contributed by atoms with E-state index in [1.165, 1.54) is 12.5 Å². The Morgan fingerprint density at radius 2 is 1.59 bits per heavy atom. The lowest BCUT2D eigenvalue weighted by Crippen LogP contribution is -2.28. The maximum atomic E-state index is 11.9. The van der Waals surface area contributed by atoms with Gasteiger partial charge in [-0.1, -0.05) is 35.9 Å². The monoisotopic (exact) mass is 297 g/mol. The zero-order chi connectivity index (χ0) is 15.9. The van der Waals surface area contributed by atoms with E-state index in [0.717, 1.165) is 5.56 Å². The van der Waals surface area contributed by atoms with E-state index in [0.29, 0.717) is 17.9 Å². The normalized spacial score (nSPS) is 9.91. The molecule has 0 aromatic heterocycles. The van der Waals surface area contributed by atoms with E-state index in [2.05, 4.69) is 16.0 Å². The summed E-state index contributed by atoms with van der Waals surface area (Å²) in [5.41, 5.74) is 3.48. The third kappa shape index (κ3) is 4.94. The van der Waals surface area contributed by atoms with Gasteiger partial charge in [-0.2, -0.15) is 0 Å². The van der Waals surface area contributed by atoms with Crippen LogP contribution in [0.3, 0.4) is 0 Å². The fourth-order valence-corrected chi connectivity index (χ4v) is 1.94. The predicted octanol–water partition coefficient (Wildman–Crippen LogP) is 3.28. The van der Waals surface area contributed by atoms with Gasteiger partial charge in [0.25, 0.3) is 0 Å². The third-order valence-corrected chi connectivity index (χ3v) is 3.01. The first-order valence-corrected chi connectivity index (χ1v) is 7.01. The first-order chi connectivity index (χ1) is 10.5. The molecule has 0 aliphatic rings. The Kier molecular flexibility index (Phi) is 5.14. The Hall–Kier alpha value is -2.82. The Bertz CT molecular complexity index is 666. The van der Waals surface area contributed by atoms with Gasteiger partial charge >= 0.3 is 6.03 Å². The Morgan fingerprint density at radius 1 is 0.955 bits per heavy atom. The summed E-state index contributed by atoms with van der Waals surface area (Å²) in [7, 11) is 0. The molecule has 0 saturated carbocycles. The van der Waals surface area contributed by atoms with E-state index in [9.17, 15) is 9.59 Å². The fourth-order valence-electron chi connectivity index (χ4n) is 1.94. The van der Waals surface area contributed by atoms with Crippen molar-refractivity contribution in [1.29, 1.82) is 0 Å². The van der Waals surface area contributed by atoms with Crippen molar-refractivity contribution in [3.8, 4) is 0 Å². The topological polar surface area (TPSA) is 70.2 Å². The second kappa shape index (κ2) is 7.26. The molecule has 0 bridgehead atoms. The number of hydrogen-bond acceptors (Lipinski definition) is 2. The van der Waals surface area contributed by atoms with Gasteiger partial charge in [0.1, 0.15) is 0 Å². The molecular formula is C17H19N3O2. The molecule has 3 N–H and O–H groups in total. The van der Waals surface area contributed by atoms with Gasteiger partial charge in [0.05, 0.1) is 0 Å². The summed E-state index contributed by atoms with van der Waals surface area (Å²) < 4.78 is 0. The van der Waals surface area contributed by atoms with E-state index in [-0.39, 0.29) is 11.9 Å². The molecule has 114 valence electrons. The summed E-state index contributed by atoms with van der Waals surface area (Å²) in [6, 6.07) is 14.7. The van der Waals surface area contributed by atoms with Gasteiger partial charge in [0.2, 0.25) is 5.91 Å². The molecule has 0 fully saturated rings. The highest BCUT2D eigenvalue weighted by Gasteiger charge is 2.03. The standard InChI is InChI=1S/C17H19N3O2/c1-12-6-8-14(9-7-12)11-18-17(22)20-16-5-3-4-15(10-16)19-13(2)21/h3-10H,11H2,1-2H3,(H,19,21)(H2,18,20,22). The van der Waals surface area contributed by atoms with Crippen LogP contribution in [0.15, 0.2) is 48.5 Å². The Balaban J connectivity index is 1.89. The highest BCUT2D eigenvalue weighted by molar-refractivity contribution is 5.92. The van der Waals surface area contributed by atoms with E-state index in [4.69, 9.17) is 0 Å². The molecule has 2 rings (SSSR count). The molecule has 0 heterocycles. The Labute approximate surface area is 129 Å². The summed E-state index contributed by atoms with van der Waals surface area (Å²) in [6.07, 6.45) is 0. The van der Waals surface area contributed by atoms with Crippen LogP contribution in [0, 0.1) is 6.92 Å². The summed E-state index contributed by atoms with van der Waals surface area (Å²) in [4.78, 5) is 22.9. The van der Waals surface area contributed by atoms with Crippen LogP contribution in [0.5, 0.6) is 0 Å². The van der Waals surface area contributed by atoms with Crippen molar-refractivity contribution in [3.05, 3.63) is 59.7 Å². The van der Waals surface area contributed by atoms with Crippen LogP contribution < -0.4 is 16.0 Å². The molecule has 5 nitrogen and oxygen atoms in total. The molecule has 0 aliphatic heterocycles. The zero-order valence-corrected chi connectivity index (χ0v) is 12.6. The summed E-state index contributed by atoms with van der Waals surface area (Å²) in [5.74, 6) is -0.152. The first-order valence-electron chi connectivity index (χ1n) is 7.01. The number of urea groups is 1. The van der Waals surface area contributed by atoms with Gasteiger partial charge in [-0.25, -0.2) is 4.79 Å². The third-order valence-electron chi connectivity index (χ3n) is 3.01. The predicted molar refractivity (Wildman–Crippen MR) is 87.8 cm³/mol. The molecule has 0 aliphatic carbocycles. The molecule has 0 radical (unpaired) electrons. The average Bonchev–Trinajstić information content (AvgIpc) is 2.46. The minimum atomic E-state index is -0.291. The second-order valence-corrected chi connectivity index (χ2v) is 5.06. The number of anilines is 2. The number of rotatable bonds is 4. The van der Waals surface area contributed by atoms with Crippen molar-refractivity contribution >= 4 is 23.3 Å². The minimum Gasteiger partial charge on any atom is -0.334 e. The number of aryl methyl sites for hydroxylation is 1. The molecule has 0 atom stereocenters. The Morgan fingerprint density at radius 3 is 2.23 bits per heavy atom. The molecule has 0 spiro atoms. The van der Waals surface area contributed by atoms with Crippen molar-refractivity contribution in [3.63, 3.8) is 0 Å². The summed E-state index contributed by atoms with van der Waals surface area (Å²) >= 11 is 0. The number of hydrogen-bond donors (Lipinski definition) is 3. The van der Waals surface area contributed by atoms with Crippen molar-refractivity contribution in [2.75, 3.05) is 10.6 Å². The van der Waals surface area contributed by atoms with Crippen LogP contribution in [-0.2, 0) is 11.3 Å². The van der Waals surface area contributed by atoms with Gasteiger partial charge in [0.15, 0.2) is 0 Å². The summed E-state index contributed by atoms with van der Waals surface area (Å²) in [5, 5.41) is 8.20. The van der Waals surface area contributed by atoms with E-state index >= 15 is 0 Å². The van der Waals surface area contributed by atoms with Crippen LogP contribution in [0.1, 0.15) is 18.1 Å². The average molecular weight is 297 g/mol. The largest absolute Gasteiger partial charge is 0.334 e. The molecule has 5 heteroatoms. The van der Waals surface area contributed by atoms with Gasteiger partial charge in [-0.3, -0.25) is 4.79 Å². The van der Waals surface area contributed by atoms with E-state index in [1.807, 2.05) is 31.2 Å². The number of benzene rings is 2. The molecule has 2 aromatic rings. The van der Waals surface area contributed by atoms with Gasteiger partial charge in [-0.05, 0) is 30.7 Å². The zero-order valence-electron chi connectivity index (χ0n) is 12.6. The fraction of sp³-hybridized carbons (Fsp3) is 0.176. The number of nitrogens with one attached hydrogen (secondary N) is 3. The molecule has 0 saturated heterocycles. The van der Waals surface area contributed by atoms with Crippen LogP contribution in [-0.4, -0.2) is 11.9 Å². The number of carbonyl (C=O) groups excluding carboxylic acids is 2. The number of carbonyl (C=O) groups is 2. The van der Waals surface area contributed by atoms with Gasteiger partial charge in [-0.15, -0.1) is 0 Å². The lowest BCUT2D eigenvalue weighted by Gasteiger charge is -2.09. The van der Waals surface area contributed by atoms with E-state index < -0.39 is 0 Å². The first kappa shape index (κ1) is 15.6. The number of amides is 3. The minimum absolute atomic E-state index is 0.152. The van der Waals surface area contributed by atoms with Crippen molar-refractivity contribution < 1.29 is 9.59 Å². The molecule has 0 unspecified atom stereocenters. The van der Waals surface area contributed by atoms with Crippen LogP contribution >= 0.6 is 0 Å². The van der Waals surface area contributed by atoms with Gasteiger partial charge < -0.3 is 16.0 Å². The van der Waals surface area contributed by atoms with Crippen molar-refractivity contribution in [2.24, 2.45) is 0 Å². The second-order valence-electron chi connectivity index (χ2n) is 5.06. The van der Waals surface area contributed by atoms with Crippen molar-refractivity contribution in [1.82, 2.24) is 5.32 Å². The highest BCUT2D eigenvalue weighted by atomic mass is 16.2. The molecule has 2 aromatic carbocycles. The van der Waals surface area contributed by atoms with E-state index in [1.54, 1.807) is 24.3 Å². The SMILES string of the molecule is CC(=O)Nc1cccc(NC(=O)NCc2ccc(C)cc2)c1. The van der Waals surface area contributed by atoms with Gasteiger partial charge in [0, 0.05) is 24.8 Å².